The largest absolute Gasteiger partial charge is 0.489 e. The van der Waals surface area contributed by atoms with Crippen LogP contribution in [0.2, 0.25) is 0 Å². The molecule has 2 aromatic carbocycles. The number of amidine groups is 2. The van der Waals surface area contributed by atoms with E-state index in [1.807, 2.05) is 43.3 Å². The third-order valence-electron chi connectivity index (χ3n) is 5.28. The Balaban J connectivity index is 1.33. The minimum atomic E-state index is -0.444. The molecular formula is C23H25N3O4S. The van der Waals surface area contributed by atoms with E-state index in [2.05, 4.69) is 4.99 Å². The van der Waals surface area contributed by atoms with Crippen LogP contribution in [0.15, 0.2) is 47.5 Å². The fourth-order valence-corrected chi connectivity index (χ4v) is 4.50. The Morgan fingerprint density at radius 1 is 1.29 bits per heavy atom. The van der Waals surface area contributed by atoms with Gasteiger partial charge in [0.2, 0.25) is 0 Å². The topological polar surface area (TPSA) is 107 Å². The predicted molar refractivity (Wildman–Crippen MR) is 121 cm³/mol. The van der Waals surface area contributed by atoms with E-state index < -0.39 is 5.60 Å². The number of aliphatic imine (C=N–C) groups is 1. The van der Waals surface area contributed by atoms with Crippen molar-refractivity contribution in [3.63, 3.8) is 0 Å². The van der Waals surface area contributed by atoms with Crippen LogP contribution in [0.25, 0.3) is 0 Å². The van der Waals surface area contributed by atoms with Gasteiger partial charge in [0.1, 0.15) is 35.3 Å². The van der Waals surface area contributed by atoms with Crippen molar-refractivity contribution >= 4 is 28.7 Å². The van der Waals surface area contributed by atoms with Crippen LogP contribution in [0.4, 0.5) is 0 Å². The summed E-state index contributed by atoms with van der Waals surface area (Å²) in [6.45, 7) is 3.85. The number of hydrogen-bond acceptors (Lipinski definition) is 7. The molecule has 0 aliphatic carbocycles. The first-order valence-electron chi connectivity index (χ1n) is 10.1. The Morgan fingerprint density at radius 2 is 2.03 bits per heavy atom. The van der Waals surface area contributed by atoms with Crippen molar-refractivity contribution in [1.82, 2.24) is 0 Å². The number of rotatable bonds is 6. The predicted octanol–water partition coefficient (Wildman–Crippen LogP) is 3.72. The maximum absolute atomic E-state index is 11.1. The highest BCUT2D eigenvalue weighted by atomic mass is 32.2. The van der Waals surface area contributed by atoms with Crippen molar-refractivity contribution in [2.24, 2.45) is 10.7 Å². The second-order valence-electron chi connectivity index (χ2n) is 8.00. The second-order valence-corrected chi connectivity index (χ2v) is 9.19. The number of esters is 1. The molecule has 31 heavy (non-hydrogen) atoms. The fraction of sp³-hybridized carbons (Fsp3) is 0.348. The van der Waals surface area contributed by atoms with Crippen LogP contribution in [0.3, 0.4) is 0 Å². The van der Waals surface area contributed by atoms with Gasteiger partial charge in [-0.05, 0) is 67.6 Å². The molecule has 0 fully saturated rings. The van der Waals surface area contributed by atoms with E-state index in [-0.39, 0.29) is 16.4 Å². The van der Waals surface area contributed by atoms with Gasteiger partial charge >= 0.3 is 5.97 Å². The molecule has 162 valence electrons. The number of nitrogens with one attached hydrogen (secondary N) is 1. The van der Waals surface area contributed by atoms with Crippen molar-refractivity contribution < 1.29 is 19.0 Å². The van der Waals surface area contributed by atoms with Gasteiger partial charge in [-0.2, -0.15) is 0 Å². The van der Waals surface area contributed by atoms with Gasteiger partial charge in [-0.25, -0.2) is 4.99 Å². The Bertz CT molecular complexity index is 1040. The highest BCUT2D eigenvalue weighted by Gasteiger charge is 2.33. The van der Waals surface area contributed by atoms with Crippen LogP contribution >= 0.6 is 11.8 Å². The van der Waals surface area contributed by atoms with Gasteiger partial charge in [0.25, 0.3) is 0 Å². The van der Waals surface area contributed by atoms with Crippen molar-refractivity contribution in [2.45, 2.75) is 44.0 Å². The SMILES string of the molecule is CC(=O)Oc1ccc2c(c1)CCC(C)(COc1ccc(CC3SC(=N)N=C3N)cc1)O2. The van der Waals surface area contributed by atoms with Crippen molar-refractivity contribution in [3.05, 3.63) is 53.6 Å². The van der Waals surface area contributed by atoms with Gasteiger partial charge in [0.15, 0.2) is 5.17 Å². The molecule has 0 aromatic heterocycles. The number of ether oxygens (including phenoxy) is 3. The first kappa shape index (κ1) is 21.2. The van der Waals surface area contributed by atoms with Crippen molar-refractivity contribution in [1.29, 1.82) is 5.41 Å². The number of carbonyl (C=O) groups excluding carboxylic acids is 1. The van der Waals surface area contributed by atoms with Gasteiger partial charge in [0, 0.05) is 6.92 Å². The van der Waals surface area contributed by atoms with E-state index >= 15 is 0 Å². The Morgan fingerprint density at radius 3 is 2.71 bits per heavy atom. The molecular weight excluding hydrogens is 414 g/mol. The molecule has 2 aromatic rings. The molecule has 0 radical (unpaired) electrons. The Labute approximate surface area is 185 Å². The van der Waals surface area contributed by atoms with Gasteiger partial charge in [-0.15, -0.1) is 0 Å². The number of benzene rings is 2. The lowest BCUT2D eigenvalue weighted by Crippen LogP contribution is -2.42. The highest BCUT2D eigenvalue weighted by Crippen LogP contribution is 2.36. The molecule has 0 bridgehead atoms. The summed E-state index contributed by atoms with van der Waals surface area (Å²) in [6.07, 6.45) is 2.35. The summed E-state index contributed by atoms with van der Waals surface area (Å²) in [4.78, 5) is 15.1. The minimum absolute atomic E-state index is 0.0234. The molecule has 0 spiro atoms. The number of thioether (sulfide) groups is 1. The van der Waals surface area contributed by atoms with Crippen molar-refractivity contribution in [3.8, 4) is 17.2 Å². The van der Waals surface area contributed by atoms with Gasteiger partial charge in [0.05, 0.1) is 5.25 Å². The normalized spacial score (nSPS) is 22.3. The smallest absolute Gasteiger partial charge is 0.308 e. The lowest BCUT2D eigenvalue weighted by atomic mass is 9.93. The quantitative estimate of drug-likeness (QED) is 0.525. The van der Waals surface area contributed by atoms with E-state index in [1.54, 1.807) is 6.07 Å². The van der Waals surface area contributed by atoms with Gasteiger partial charge < -0.3 is 19.9 Å². The molecule has 2 aliphatic heterocycles. The van der Waals surface area contributed by atoms with Crippen molar-refractivity contribution in [2.75, 3.05) is 6.61 Å². The van der Waals surface area contributed by atoms with Crippen LogP contribution in [-0.4, -0.2) is 34.4 Å². The molecule has 8 heteroatoms. The number of nitrogens with zero attached hydrogens (tertiary/aromatic N) is 1. The molecule has 2 aliphatic rings. The Kier molecular flexibility index (Phi) is 5.91. The number of nitrogens with two attached hydrogens (primary N) is 1. The average Bonchev–Trinajstić information content (AvgIpc) is 3.04. The molecule has 0 amide bonds. The molecule has 4 rings (SSSR count). The van der Waals surface area contributed by atoms with E-state index in [4.69, 9.17) is 25.4 Å². The van der Waals surface area contributed by atoms with Crippen LogP contribution in [0.5, 0.6) is 17.2 Å². The summed E-state index contributed by atoms with van der Waals surface area (Å²) in [7, 11) is 0. The lowest BCUT2D eigenvalue weighted by Gasteiger charge is -2.35. The molecule has 2 unspecified atom stereocenters. The van der Waals surface area contributed by atoms with Crippen LogP contribution in [-0.2, 0) is 17.6 Å². The maximum Gasteiger partial charge on any atom is 0.308 e. The highest BCUT2D eigenvalue weighted by molar-refractivity contribution is 8.15. The van der Waals surface area contributed by atoms with Crippen LogP contribution in [0.1, 0.15) is 31.4 Å². The standard InChI is InChI=1S/C23H25N3O4S/c1-14(27)29-18-7-8-19-16(12-18)9-10-23(2,30-19)13-28-17-5-3-15(4-6-17)11-20-21(24)26-22(25)31-20/h3-8,12,20H,9-11,13H2,1-2H3,(H3,24,25,26). The molecule has 7 nitrogen and oxygen atoms in total. The summed E-state index contributed by atoms with van der Waals surface area (Å²) in [5, 5.41) is 7.90. The molecule has 3 N–H and O–H groups in total. The molecule has 0 saturated heterocycles. The third-order valence-corrected chi connectivity index (χ3v) is 6.28. The zero-order valence-corrected chi connectivity index (χ0v) is 18.3. The van der Waals surface area contributed by atoms with E-state index in [1.165, 1.54) is 18.7 Å². The summed E-state index contributed by atoms with van der Waals surface area (Å²) < 4.78 is 17.4. The first-order chi connectivity index (χ1) is 14.8. The molecule has 2 atom stereocenters. The van der Waals surface area contributed by atoms with E-state index in [0.717, 1.165) is 41.9 Å². The third kappa shape index (κ3) is 5.19. The summed E-state index contributed by atoms with van der Waals surface area (Å²) in [6, 6.07) is 13.4. The average molecular weight is 440 g/mol. The van der Waals surface area contributed by atoms with E-state index in [9.17, 15) is 4.79 Å². The summed E-state index contributed by atoms with van der Waals surface area (Å²) in [5.74, 6) is 2.29. The number of fused-ring (bicyclic) bond motifs is 1. The second kappa shape index (κ2) is 8.63. The van der Waals surface area contributed by atoms with Gasteiger partial charge in [-0.1, -0.05) is 23.9 Å². The van der Waals surface area contributed by atoms with E-state index in [0.29, 0.717) is 18.2 Å². The number of hydrogen-bond donors (Lipinski definition) is 2. The summed E-state index contributed by atoms with van der Waals surface area (Å²) >= 11 is 1.38. The monoisotopic (exact) mass is 439 g/mol. The number of carbonyl (C=O) groups is 1. The Hall–Kier alpha value is -3.00. The zero-order chi connectivity index (χ0) is 22.0. The fourth-order valence-electron chi connectivity index (χ4n) is 3.63. The van der Waals surface area contributed by atoms with Gasteiger partial charge in [-0.3, -0.25) is 10.2 Å². The number of aryl methyl sites for hydroxylation is 1. The minimum Gasteiger partial charge on any atom is -0.489 e. The first-order valence-corrected chi connectivity index (χ1v) is 11.0. The van der Waals surface area contributed by atoms with Crippen LogP contribution < -0.4 is 19.9 Å². The molecule has 0 saturated carbocycles. The zero-order valence-electron chi connectivity index (χ0n) is 17.5. The summed E-state index contributed by atoms with van der Waals surface area (Å²) in [5.41, 5.74) is 7.59. The molecule has 2 heterocycles. The maximum atomic E-state index is 11.1. The van der Waals surface area contributed by atoms with Crippen LogP contribution in [0, 0.1) is 5.41 Å². The lowest BCUT2D eigenvalue weighted by molar-refractivity contribution is -0.131.